The summed E-state index contributed by atoms with van der Waals surface area (Å²) in [6.45, 7) is -0.627. The van der Waals surface area contributed by atoms with E-state index in [2.05, 4.69) is 0 Å². The van der Waals surface area contributed by atoms with E-state index in [1.165, 1.54) is 0 Å². The van der Waals surface area contributed by atoms with Crippen molar-refractivity contribution in [2.24, 2.45) is 0 Å². The van der Waals surface area contributed by atoms with Crippen LogP contribution in [0.5, 0.6) is 0 Å². The van der Waals surface area contributed by atoms with E-state index < -0.39 is 29.9 Å². The normalized spacial score (nSPS) is 22.6. The Balaban J connectivity index is 3.90. The number of hydrogen-bond donors (Lipinski definition) is 5. The molecule has 6 heteroatoms. The van der Waals surface area contributed by atoms with Gasteiger partial charge in [-0.05, 0) is 0 Å². The molecule has 4 atom stereocenters. The Morgan fingerprint density at radius 1 is 1.00 bits per heavy atom. The van der Waals surface area contributed by atoms with Crippen molar-refractivity contribution < 1.29 is 25.5 Å². The van der Waals surface area contributed by atoms with Gasteiger partial charge in [0.15, 0.2) is 0 Å². The number of rotatable bonds is 4. The van der Waals surface area contributed by atoms with Crippen LogP contribution < -0.4 is 0 Å². The molecule has 0 aromatic heterocycles. The fourth-order valence-corrected chi connectivity index (χ4v) is 1.45. The standard InChI is InChI=1S/C5H14GeO5/c6-5(11)4(10)3(9)2(8)1-7/h2-5,7-11H,1H2,6H3/t2-,3+,4-,5?/m1/s1. The zero-order chi connectivity index (χ0) is 9.02. The molecule has 0 rings (SSSR count). The summed E-state index contributed by atoms with van der Waals surface area (Å²) in [6, 6.07) is 0. The Morgan fingerprint density at radius 3 is 1.73 bits per heavy atom. The van der Waals surface area contributed by atoms with Gasteiger partial charge in [-0.3, -0.25) is 0 Å². The zero-order valence-corrected chi connectivity index (χ0v) is 10.4. The van der Waals surface area contributed by atoms with Crippen LogP contribution in [0, 0.1) is 0 Å². The predicted octanol–water partition coefficient (Wildman–Crippen LogP) is -4.25. The third kappa shape index (κ3) is 3.50. The maximum absolute atomic E-state index is 8.97. The summed E-state index contributed by atoms with van der Waals surface area (Å²) >= 11 is -0.0391. The van der Waals surface area contributed by atoms with Crippen LogP contribution in [0.1, 0.15) is 0 Å². The van der Waals surface area contributed by atoms with Gasteiger partial charge in [0.25, 0.3) is 0 Å². The Bertz CT molecular complexity index is 109. The molecule has 0 aliphatic heterocycles. The molecular formula is C5H14GeO5. The third-order valence-electron chi connectivity index (χ3n) is 1.43. The second-order valence-electron chi connectivity index (χ2n) is 2.47. The van der Waals surface area contributed by atoms with Gasteiger partial charge in [0, 0.05) is 0 Å². The summed E-state index contributed by atoms with van der Waals surface area (Å²) in [5, 5.41) is 43.9. The summed E-state index contributed by atoms with van der Waals surface area (Å²) in [5.41, 5.74) is 0. The monoisotopic (exact) mass is 228 g/mol. The van der Waals surface area contributed by atoms with Crippen molar-refractivity contribution in [3.8, 4) is 0 Å². The Hall–Kier alpha value is 0.343. The van der Waals surface area contributed by atoms with Crippen LogP contribution in [0.4, 0.5) is 0 Å². The Kier molecular flexibility index (Phi) is 5.23. The van der Waals surface area contributed by atoms with Crippen LogP contribution in [0.15, 0.2) is 0 Å². The van der Waals surface area contributed by atoms with Gasteiger partial charge >= 0.3 is 71.9 Å². The second kappa shape index (κ2) is 5.07. The summed E-state index contributed by atoms with van der Waals surface area (Å²) < 4.78 is 0. The van der Waals surface area contributed by atoms with Crippen molar-refractivity contribution >= 4 is 16.5 Å². The van der Waals surface area contributed by atoms with Crippen molar-refractivity contribution in [1.82, 2.24) is 0 Å². The summed E-state index contributed by atoms with van der Waals surface area (Å²) in [4.78, 5) is -0.946. The molecule has 0 aliphatic rings. The minimum atomic E-state index is -1.47. The van der Waals surface area contributed by atoms with Crippen LogP contribution in [0.2, 0.25) is 0 Å². The van der Waals surface area contributed by atoms with E-state index in [1.807, 2.05) is 0 Å². The van der Waals surface area contributed by atoms with Gasteiger partial charge in [0.05, 0.1) is 0 Å². The first-order valence-electron chi connectivity index (χ1n) is 3.33. The van der Waals surface area contributed by atoms with Crippen LogP contribution in [0.3, 0.4) is 0 Å². The molecular weight excluding hydrogens is 213 g/mol. The van der Waals surface area contributed by atoms with E-state index in [4.69, 9.17) is 25.5 Å². The molecule has 0 radical (unpaired) electrons. The molecule has 0 bridgehead atoms. The molecule has 0 fully saturated rings. The number of aliphatic hydroxyl groups is 5. The molecule has 0 aliphatic carbocycles. The number of hydrogen-bond acceptors (Lipinski definition) is 5. The average Bonchev–Trinajstić information content (AvgIpc) is 2.00. The molecule has 0 spiro atoms. The second-order valence-corrected chi connectivity index (χ2v) is 4.95. The molecule has 0 amide bonds. The van der Waals surface area contributed by atoms with Crippen LogP contribution >= 0.6 is 0 Å². The van der Waals surface area contributed by atoms with E-state index in [0.717, 1.165) is 0 Å². The predicted molar refractivity (Wildman–Crippen MR) is 41.1 cm³/mol. The molecule has 11 heavy (non-hydrogen) atoms. The quantitative estimate of drug-likeness (QED) is 0.313. The van der Waals surface area contributed by atoms with Crippen molar-refractivity contribution in [1.29, 1.82) is 0 Å². The average molecular weight is 227 g/mol. The SMILES string of the molecule is OC[C@@H](O)[C@H](O)[C@@H](O)[CH](O)[GeH3]. The van der Waals surface area contributed by atoms with E-state index in [1.54, 1.807) is 0 Å². The van der Waals surface area contributed by atoms with Crippen LogP contribution in [-0.4, -0.2) is 71.9 Å². The summed E-state index contributed by atoms with van der Waals surface area (Å²) in [7, 11) is 0. The van der Waals surface area contributed by atoms with Crippen LogP contribution in [-0.2, 0) is 0 Å². The summed E-state index contributed by atoms with van der Waals surface area (Å²) in [6.07, 6.45) is -4.20. The zero-order valence-electron chi connectivity index (χ0n) is 6.25. The molecule has 68 valence electrons. The van der Waals surface area contributed by atoms with Gasteiger partial charge in [-0.1, -0.05) is 0 Å². The minimum absolute atomic E-state index is 0.0391. The fourth-order valence-electron chi connectivity index (χ4n) is 0.621. The first-order valence-corrected chi connectivity index (χ1v) is 5.76. The molecule has 0 aromatic carbocycles. The first kappa shape index (κ1) is 11.3. The Labute approximate surface area is 72.5 Å². The van der Waals surface area contributed by atoms with Gasteiger partial charge in [-0.25, -0.2) is 0 Å². The van der Waals surface area contributed by atoms with E-state index in [-0.39, 0.29) is 16.5 Å². The van der Waals surface area contributed by atoms with Gasteiger partial charge in [0.2, 0.25) is 0 Å². The summed E-state index contributed by atoms with van der Waals surface area (Å²) in [5.74, 6) is 0. The van der Waals surface area contributed by atoms with Gasteiger partial charge in [0.1, 0.15) is 0 Å². The van der Waals surface area contributed by atoms with Crippen molar-refractivity contribution in [2.75, 3.05) is 6.61 Å². The molecule has 0 heterocycles. The first-order chi connectivity index (χ1) is 5.00. The van der Waals surface area contributed by atoms with Gasteiger partial charge in [-0.2, -0.15) is 0 Å². The van der Waals surface area contributed by atoms with E-state index >= 15 is 0 Å². The van der Waals surface area contributed by atoms with Crippen molar-refractivity contribution in [3.05, 3.63) is 0 Å². The Morgan fingerprint density at radius 2 is 1.45 bits per heavy atom. The fraction of sp³-hybridized carbons (Fsp3) is 1.00. The van der Waals surface area contributed by atoms with Crippen molar-refractivity contribution in [2.45, 2.75) is 23.2 Å². The topological polar surface area (TPSA) is 101 Å². The van der Waals surface area contributed by atoms with E-state index in [0.29, 0.717) is 0 Å². The molecule has 0 saturated heterocycles. The van der Waals surface area contributed by atoms with Gasteiger partial charge < -0.3 is 0 Å². The van der Waals surface area contributed by atoms with E-state index in [9.17, 15) is 0 Å². The molecule has 0 aromatic rings. The molecule has 5 nitrogen and oxygen atoms in total. The maximum atomic E-state index is 8.97. The number of aliphatic hydroxyl groups excluding tert-OH is 5. The molecule has 1 unspecified atom stereocenters. The third-order valence-corrected chi connectivity index (χ3v) is 2.86. The van der Waals surface area contributed by atoms with Gasteiger partial charge in [-0.15, -0.1) is 0 Å². The molecule has 0 saturated carbocycles. The van der Waals surface area contributed by atoms with Crippen molar-refractivity contribution in [3.63, 3.8) is 0 Å². The van der Waals surface area contributed by atoms with Crippen LogP contribution in [0.25, 0.3) is 0 Å². The molecule has 5 N–H and O–H groups in total.